The zero-order chi connectivity index (χ0) is 10.7. The van der Waals surface area contributed by atoms with Gasteiger partial charge in [-0.25, -0.2) is 0 Å². The minimum absolute atomic E-state index is 0.701. The van der Waals surface area contributed by atoms with E-state index in [4.69, 9.17) is 0 Å². The molecule has 2 rings (SSSR count). The monoisotopic (exact) mass is 207 g/mol. The van der Waals surface area contributed by atoms with Crippen LogP contribution in [0.25, 0.3) is 0 Å². The van der Waals surface area contributed by atoms with Crippen molar-refractivity contribution in [3.8, 4) is 0 Å². The molecule has 1 aromatic heterocycles. The Labute approximate surface area is 91.9 Å². The third-order valence-electron chi connectivity index (χ3n) is 3.39. The van der Waals surface area contributed by atoms with E-state index in [1.165, 1.54) is 24.8 Å². The third-order valence-corrected chi connectivity index (χ3v) is 3.39. The summed E-state index contributed by atoms with van der Waals surface area (Å²) in [5, 5.41) is 3.62. The van der Waals surface area contributed by atoms with Crippen molar-refractivity contribution in [2.45, 2.75) is 37.9 Å². The summed E-state index contributed by atoms with van der Waals surface area (Å²) in [7, 11) is 4.36. The molecule has 0 amide bonds. The standard InChI is InChI=1S/C12H21N3/c1-15(2)12-4-3-11(7-12)14-9-10-5-6-13-8-10/h5-6,8,11-14H,3-4,7,9H2,1-2H3. The first-order valence-corrected chi connectivity index (χ1v) is 5.77. The van der Waals surface area contributed by atoms with Gasteiger partial charge in [0.1, 0.15) is 0 Å². The van der Waals surface area contributed by atoms with Crippen LogP contribution in [-0.4, -0.2) is 36.1 Å². The van der Waals surface area contributed by atoms with Crippen LogP contribution >= 0.6 is 0 Å². The smallest absolute Gasteiger partial charge is 0.0223 e. The Hall–Kier alpha value is -0.800. The molecule has 1 fully saturated rings. The van der Waals surface area contributed by atoms with Crippen molar-refractivity contribution in [1.82, 2.24) is 15.2 Å². The zero-order valence-electron chi connectivity index (χ0n) is 9.66. The van der Waals surface area contributed by atoms with E-state index in [1.54, 1.807) is 0 Å². The maximum absolute atomic E-state index is 3.62. The van der Waals surface area contributed by atoms with Gasteiger partial charge in [-0.3, -0.25) is 0 Å². The lowest BCUT2D eigenvalue weighted by Crippen LogP contribution is -2.30. The lowest BCUT2D eigenvalue weighted by molar-refractivity contribution is 0.293. The van der Waals surface area contributed by atoms with Gasteiger partial charge in [0, 0.05) is 31.0 Å². The van der Waals surface area contributed by atoms with Crippen LogP contribution in [0.4, 0.5) is 0 Å². The number of hydrogen-bond acceptors (Lipinski definition) is 2. The van der Waals surface area contributed by atoms with Gasteiger partial charge in [0.2, 0.25) is 0 Å². The highest BCUT2D eigenvalue weighted by molar-refractivity contribution is 5.08. The molecule has 1 aliphatic rings. The average molecular weight is 207 g/mol. The predicted octanol–water partition coefficient (Wildman–Crippen LogP) is 1.59. The number of H-pyrrole nitrogens is 1. The molecule has 84 valence electrons. The molecule has 0 bridgehead atoms. The van der Waals surface area contributed by atoms with Gasteiger partial charge in [-0.2, -0.15) is 0 Å². The first kappa shape index (κ1) is 10.7. The summed E-state index contributed by atoms with van der Waals surface area (Å²) >= 11 is 0. The summed E-state index contributed by atoms with van der Waals surface area (Å²) < 4.78 is 0. The Bertz CT molecular complexity index is 279. The Morgan fingerprint density at radius 3 is 2.93 bits per heavy atom. The number of rotatable bonds is 4. The molecule has 2 unspecified atom stereocenters. The number of nitrogens with zero attached hydrogens (tertiary/aromatic N) is 1. The molecule has 1 aliphatic carbocycles. The topological polar surface area (TPSA) is 31.1 Å². The molecular weight excluding hydrogens is 186 g/mol. The van der Waals surface area contributed by atoms with Gasteiger partial charge in [0.25, 0.3) is 0 Å². The fourth-order valence-corrected chi connectivity index (χ4v) is 2.34. The van der Waals surface area contributed by atoms with Crippen LogP contribution in [0.5, 0.6) is 0 Å². The lowest BCUT2D eigenvalue weighted by atomic mass is 10.2. The van der Waals surface area contributed by atoms with Gasteiger partial charge in [-0.1, -0.05) is 0 Å². The van der Waals surface area contributed by atoms with Crippen LogP contribution < -0.4 is 5.32 Å². The normalized spacial score (nSPS) is 26.3. The Morgan fingerprint density at radius 1 is 1.47 bits per heavy atom. The Kier molecular flexibility index (Phi) is 3.44. The average Bonchev–Trinajstić information content (AvgIpc) is 2.86. The molecule has 1 heterocycles. The van der Waals surface area contributed by atoms with Crippen LogP contribution in [0.3, 0.4) is 0 Å². The molecule has 0 saturated heterocycles. The van der Waals surface area contributed by atoms with E-state index in [0.717, 1.165) is 12.6 Å². The van der Waals surface area contributed by atoms with Gasteiger partial charge in [0.15, 0.2) is 0 Å². The van der Waals surface area contributed by atoms with E-state index < -0.39 is 0 Å². The van der Waals surface area contributed by atoms with E-state index in [9.17, 15) is 0 Å². The Balaban J connectivity index is 1.73. The minimum Gasteiger partial charge on any atom is -0.367 e. The number of aromatic nitrogens is 1. The van der Waals surface area contributed by atoms with Gasteiger partial charge in [-0.15, -0.1) is 0 Å². The Morgan fingerprint density at radius 2 is 2.33 bits per heavy atom. The highest BCUT2D eigenvalue weighted by atomic mass is 15.1. The van der Waals surface area contributed by atoms with E-state index in [-0.39, 0.29) is 0 Å². The number of hydrogen-bond donors (Lipinski definition) is 2. The van der Waals surface area contributed by atoms with Gasteiger partial charge >= 0.3 is 0 Å². The summed E-state index contributed by atoms with van der Waals surface area (Å²) in [4.78, 5) is 5.43. The maximum atomic E-state index is 3.62. The van der Waals surface area contributed by atoms with E-state index in [0.29, 0.717) is 6.04 Å². The molecule has 15 heavy (non-hydrogen) atoms. The van der Waals surface area contributed by atoms with Crippen molar-refractivity contribution in [1.29, 1.82) is 0 Å². The van der Waals surface area contributed by atoms with Crippen LogP contribution in [0.1, 0.15) is 24.8 Å². The molecule has 0 aromatic carbocycles. The van der Waals surface area contributed by atoms with Crippen molar-refractivity contribution >= 4 is 0 Å². The van der Waals surface area contributed by atoms with Crippen molar-refractivity contribution in [2.75, 3.05) is 14.1 Å². The number of aromatic amines is 1. The molecule has 1 saturated carbocycles. The third kappa shape index (κ3) is 2.83. The second-order valence-electron chi connectivity index (χ2n) is 4.73. The first-order chi connectivity index (χ1) is 7.25. The molecule has 3 nitrogen and oxygen atoms in total. The SMILES string of the molecule is CN(C)C1CCC(NCc2cc[nH]c2)C1. The summed E-state index contributed by atoms with van der Waals surface area (Å²) in [6, 6.07) is 3.60. The molecule has 1 aromatic rings. The maximum Gasteiger partial charge on any atom is 0.0223 e. The summed E-state index contributed by atoms with van der Waals surface area (Å²) in [6.07, 6.45) is 7.97. The first-order valence-electron chi connectivity index (χ1n) is 5.77. The molecule has 3 heteroatoms. The molecule has 0 radical (unpaired) electrons. The van der Waals surface area contributed by atoms with Crippen LogP contribution in [0.15, 0.2) is 18.5 Å². The molecule has 0 spiro atoms. The van der Waals surface area contributed by atoms with E-state index in [2.05, 4.69) is 41.6 Å². The summed E-state index contributed by atoms with van der Waals surface area (Å²) in [6.45, 7) is 0.994. The van der Waals surface area contributed by atoms with Crippen LogP contribution in [0, 0.1) is 0 Å². The van der Waals surface area contributed by atoms with Crippen LogP contribution in [0.2, 0.25) is 0 Å². The number of nitrogens with one attached hydrogen (secondary N) is 2. The van der Waals surface area contributed by atoms with Crippen LogP contribution in [-0.2, 0) is 6.54 Å². The van der Waals surface area contributed by atoms with Gasteiger partial charge in [-0.05, 0) is 45.0 Å². The molecular formula is C12H21N3. The second-order valence-corrected chi connectivity index (χ2v) is 4.73. The predicted molar refractivity (Wildman–Crippen MR) is 62.7 cm³/mol. The molecule has 2 atom stereocenters. The fraction of sp³-hybridized carbons (Fsp3) is 0.667. The quantitative estimate of drug-likeness (QED) is 0.785. The lowest BCUT2D eigenvalue weighted by Gasteiger charge is -2.19. The molecule has 2 N–H and O–H groups in total. The van der Waals surface area contributed by atoms with Crippen molar-refractivity contribution < 1.29 is 0 Å². The van der Waals surface area contributed by atoms with E-state index in [1.807, 2.05) is 6.20 Å². The summed E-state index contributed by atoms with van der Waals surface area (Å²) in [5.74, 6) is 0. The fourth-order valence-electron chi connectivity index (χ4n) is 2.34. The highest BCUT2D eigenvalue weighted by Gasteiger charge is 2.25. The van der Waals surface area contributed by atoms with E-state index >= 15 is 0 Å². The highest BCUT2D eigenvalue weighted by Crippen LogP contribution is 2.22. The largest absolute Gasteiger partial charge is 0.367 e. The second kappa shape index (κ2) is 4.81. The minimum atomic E-state index is 0.701. The van der Waals surface area contributed by atoms with Gasteiger partial charge in [0.05, 0.1) is 0 Å². The van der Waals surface area contributed by atoms with Crippen molar-refractivity contribution in [3.05, 3.63) is 24.0 Å². The summed E-state index contributed by atoms with van der Waals surface area (Å²) in [5.41, 5.74) is 1.35. The van der Waals surface area contributed by atoms with Crippen molar-refractivity contribution in [2.24, 2.45) is 0 Å². The van der Waals surface area contributed by atoms with Crippen molar-refractivity contribution in [3.63, 3.8) is 0 Å². The molecule has 0 aliphatic heterocycles. The van der Waals surface area contributed by atoms with Gasteiger partial charge < -0.3 is 15.2 Å². The zero-order valence-corrected chi connectivity index (χ0v) is 9.66.